The molecule has 6 nitrogen and oxygen atoms in total. The van der Waals surface area contributed by atoms with Crippen LogP contribution in [0.15, 0.2) is 60.7 Å². The summed E-state index contributed by atoms with van der Waals surface area (Å²) in [6.45, 7) is 3.80. The maximum atomic E-state index is 11.1. The van der Waals surface area contributed by atoms with E-state index >= 15 is 0 Å². The lowest BCUT2D eigenvalue weighted by atomic mass is 10.1. The summed E-state index contributed by atoms with van der Waals surface area (Å²) < 4.78 is 0. The Kier molecular flexibility index (Phi) is 4.60. The third-order valence-electron chi connectivity index (χ3n) is 5.68. The second-order valence-corrected chi connectivity index (χ2v) is 7.44. The number of para-hydroxylation sites is 1. The van der Waals surface area contributed by atoms with E-state index < -0.39 is 0 Å². The lowest BCUT2D eigenvalue weighted by Crippen LogP contribution is -2.46. The first-order valence-electron chi connectivity index (χ1n) is 10.1. The molecule has 0 atom stereocenters. The fourth-order valence-electron chi connectivity index (χ4n) is 4.06. The first-order chi connectivity index (χ1) is 14.3. The topological polar surface area (TPSA) is 52.6 Å². The lowest BCUT2D eigenvalue weighted by Gasteiger charge is -2.33. The Balaban J connectivity index is 1.55. The summed E-state index contributed by atoms with van der Waals surface area (Å²) in [5.41, 5.74) is 4.58. The van der Waals surface area contributed by atoms with Gasteiger partial charge in [-0.25, -0.2) is 4.98 Å². The van der Waals surface area contributed by atoms with E-state index in [0.29, 0.717) is 13.1 Å². The summed E-state index contributed by atoms with van der Waals surface area (Å²) >= 11 is 0. The third-order valence-corrected chi connectivity index (χ3v) is 5.68. The van der Waals surface area contributed by atoms with Gasteiger partial charge in [0, 0.05) is 50.0 Å². The van der Waals surface area contributed by atoms with Gasteiger partial charge < -0.3 is 14.7 Å². The largest absolute Gasteiger partial charge is 0.342 e. The Labute approximate surface area is 170 Å². The zero-order chi connectivity index (χ0) is 19.6. The summed E-state index contributed by atoms with van der Waals surface area (Å²) in [6.07, 6.45) is 1.94. The molecule has 0 radical (unpaired) electrons. The Morgan fingerprint density at radius 2 is 1.59 bits per heavy atom. The summed E-state index contributed by atoms with van der Waals surface area (Å²) in [4.78, 5) is 27.2. The van der Waals surface area contributed by atoms with E-state index in [0.717, 1.165) is 55.5 Å². The van der Waals surface area contributed by atoms with E-state index in [1.807, 2.05) is 18.2 Å². The zero-order valence-electron chi connectivity index (χ0n) is 16.2. The number of carbonyl (C=O) groups excluding carboxylic acids is 1. The van der Waals surface area contributed by atoms with Gasteiger partial charge in [0.05, 0.1) is 5.69 Å². The molecule has 146 valence electrons. The maximum Gasteiger partial charge on any atom is 0.228 e. The first-order valence-corrected chi connectivity index (χ1v) is 10.1. The summed E-state index contributed by atoms with van der Waals surface area (Å²) in [6, 6.07) is 20.9. The molecular formula is C23H23N5O. The van der Waals surface area contributed by atoms with Gasteiger partial charge in [-0.3, -0.25) is 4.79 Å². The molecule has 0 spiro atoms. The van der Waals surface area contributed by atoms with Crippen molar-refractivity contribution in [2.24, 2.45) is 0 Å². The predicted octanol–water partition coefficient (Wildman–Crippen LogP) is 3.12. The van der Waals surface area contributed by atoms with Crippen LogP contribution in [0.4, 0.5) is 17.5 Å². The fourth-order valence-corrected chi connectivity index (χ4v) is 4.06. The zero-order valence-corrected chi connectivity index (χ0v) is 16.2. The van der Waals surface area contributed by atoms with Crippen LogP contribution >= 0.6 is 0 Å². The molecule has 1 fully saturated rings. The highest BCUT2D eigenvalue weighted by atomic mass is 16.1. The quantitative estimate of drug-likeness (QED) is 0.646. The molecule has 0 bridgehead atoms. The molecule has 1 amide bonds. The Morgan fingerprint density at radius 1 is 0.828 bits per heavy atom. The van der Waals surface area contributed by atoms with Crippen LogP contribution in [0.3, 0.4) is 0 Å². The van der Waals surface area contributed by atoms with Crippen molar-refractivity contribution in [1.82, 2.24) is 14.9 Å². The number of aromatic nitrogens is 2. The molecule has 6 heteroatoms. The first kappa shape index (κ1) is 17.7. The number of fused-ring (bicyclic) bond motifs is 1. The molecular weight excluding hydrogens is 362 g/mol. The average molecular weight is 385 g/mol. The van der Waals surface area contributed by atoms with Crippen molar-refractivity contribution in [2.75, 3.05) is 42.5 Å². The molecule has 2 aliphatic heterocycles. The number of carbonyl (C=O) groups is 1. The van der Waals surface area contributed by atoms with Crippen LogP contribution in [-0.2, 0) is 11.2 Å². The van der Waals surface area contributed by atoms with Crippen LogP contribution in [0.5, 0.6) is 0 Å². The minimum atomic E-state index is 0.699. The molecule has 3 aromatic rings. The number of piperazine rings is 1. The molecule has 2 aliphatic rings. The van der Waals surface area contributed by atoms with Gasteiger partial charge >= 0.3 is 0 Å². The van der Waals surface area contributed by atoms with Crippen LogP contribution in [0.1, 0.15) is 5.56 Å². The van der Waals surface area contributed by atoms with Gasteiger partial charge in [0.2, 0.25) is 12.4 Å². The van der Waals surface area contributed by atoms with Crippen molar-refractivity contribution in [2.45, 2.75) is 6.42 Å². The van der Waals surface area contributed by atoms with Crippen LogP contribution < -0.4 is 9.80 Å². The van der Waals surface area contributed by atoms with Crippen molar-refractivity contribution in [3.05, 3.63) is 66.2 Å². The van der Waals surface area contributed by atoms with E-state index in [-0.39, 0.29) is 0 Å². The predicted molar refractivity (Wildman–Crippen MR) is 114 cm³/mol. The fraction of sp³-hybridized carbons (Fsp3) is 0.261. The highest BCUT2D eigenvalue weighted by Gasteiger charge is 2.24. The van der Waals surface area contributed by atoms with Crippen molar-refractivity contribution in [1.29, 1.82) is 0 Å². The van der Waals surface area contributed by atoms with Gasteiger partial charge in [0.1, 0.15) is 5.82 Å². The van der Waals surface area contributed by atoms with E-state index in [1.54, 1.807) is 4.90 Å². The molecule has 2 aromatic carbocycles. The van der Waals surface area contributed by atoms with E-state index in [1.165, 1.54) is 11.3 Å². The molecule has 3 heterocycles. The minimum absolute atomic E-state index is 0.699. The summed E-state index contributed by atoms with van der Waals surface area (Å²) in [7, 11) is 0. The number of rotatable bonds is 4. The van der Waals surface area contributed by atoms with Crippen LogP contribution in [-0.4, -0.2) is 54.0 Å². The Bertz CT molecular complexity index is 1010. The number of benzene rings is 2. The minimum Gasteiger partial charge on any atom is -0.342 e. The van der Waals surface area contributed by atoms with Gasteiger partial charge in [0.25, 0.3) is 0 Å². The smallest absolute Gasteiger partial charge is 0.228 e. The monoisotopic (exact) mass is 385 g/mol. The van der Waals surface area contributed by atoms with Gasteiger partial charge in [-0.15, -0.1) is 0 Å². The summed E-state index contributed by atoms with van der Waals surface area (Å²) in [5.74, 6) is 1.66. The van der Waals surface area contributed by atoms with Crippen molar-refractivity contribution >= 4 is 23.9 Å². The normalized spacial score (nSPS) is 16.1. The second-order valence-electron chi connectivity index (χ2n) is 7.44. The van der Waals surface area contributed by atoms with E-state index in [4.69, 9.17) is 9.97 Å². The lowest BCUT2D eigenvalue weighted by molar-refractivity contribution is -0.118. The third kappa shape index (κ3) is 3.42. The highest BCUT2D eigenvalue weighted by Crippen LogP contribution is 2.35. The number of hydrogen-bond donors (Lipinski definition) is 0. The van der Waals surface area contributed by atoms with Crippen LogP contribution in [0.2, 0.25) is 0 Å². The molecule has 0 N–H and O–H groups in total. The Morgan fingerprint density at radius 3 is 2.38 bits per heavy atom. The van der Waals surface area contributed by atoms with Crippen molar-refractivity contribution in [3.63, 3.8) is 0 Å². The van der Waals surface area contributed by atoms with Gasteiger partial charge in [-0.2, -0.15) is 4.98 Å². The molecule has 0 unspecified atom stereocenters. The van der Waals surface area contributed by atoms with Gasteiger partial charge in [-0.05, 0) is 18.1 Å². The Hall–Kier alpha value is -3.41. The van der Waals surface area contributed by atoms with Crippen molar-refractivity contribution in [3.8, 4) is 11.3 Å². The van der Waals surface area contributed by atoms with E-state index in [9.17, 15) is 4.79 Å². The number of amides is 1. The number of anilines is 3. The average Bonchev–Trinajstić information content (AvgIpc) is 3.24. The SMILES string of the molecule is O=CN1CCN(c2nc(-c3ccccc3)cc(N3CCc4ccccc43)n2)CC1. The number of hydrogen-bond acceptors (Lipinski definition) is 5. The molecule has 5 rings (SSSR count). The molecule has 1 saturated heterocycles. The van der Waals surface area contributed by atoms with Crippen LogP contribution in [0, 0.1) is 0 Å². The summed E-state index contributed by atoms with van der Waals surface area (Å²) in [5, 5.41) is 0. The second kappa shape index (κ2) is 7.54. The van der Waals surface area contributed by atoms with Gasteiger partial charge in [0.15, 0.2) is 0 Å². The van der Waals surface area contributed by atoms with Crippen LogP contribution in [0.25, 0.3) is 11.3 Å². The highest BCUT2D eigenvalue weighted by molar-refractivity contribution is 5.72. The van der Waals surface area contributed by atoms with Crippen molar-refractivity contribution < 1.29 is 4.79 Å². The molecule has 0 aliphatic carbocycles. The number of nitrogens with zero attached hydrogens (tertiary/aromatic N) is 5. The maximum absolute atomic E-state index is 11.1. The van der Waals surface area contributed by atoms with Gasteiger partial charge in [-0.1, -0.05) is 48.5 Å². The molecule has 1 aromatic heterocycles. The molecule has 0 saturated carbocycles. The standard InChI is InChI=1S/C23H23N5O/c29-17-26-12-14-27(15-13-26)23-24-20(18-6-2-1-3-7-18)16-22(25-23)28-11-10-19-8-4-5-9-21(19)28/h1-9,16-17H,10-15H2. The van der Waals surface area contributed by atoms with E-state index in [2.05, 4.69) is 52.3 Å². The molecule has 29 heavy (non-hydrogen) atoms.